The van der Waals surface area contributed by atoms with Gasteiger partial charge >= 0.3 is 0 Å². The summed E-state index contributed by atoms with van der Waals surface area (Å²) < 4.78 is 6.03. The maximum absolute atomic E-state index is 12.2. The van der Waals surface area contributed by atoms with Crippen molar-refractivity contribution in [2.75, 3.05) is 5.32 Å². The van der Waals surface area contributed by atoms with Crippen molar-refractivity contribution in [1.29, 1.82) is 0 Å². The zero-order valence-corrected chi connectivity index (χ0v) is 17.0. The van der Waals surface area contributed by atoms with Crippen LogP contribution in [0, 0.1) is 6.92 Å². The predicted octanol–water partition coefficient (Wildman–Crippen LogP) is 4.82. The van der Waals surface area contributed by atoms with E-state index in [0.29, 0.717) is 27.6 Å². The molecule has 27 heavy (non-hydrogen) atoms. The molecule has 0 saturated carbocycles. The first kappa shape index (κ1) is 19.1. The average molecular weight is 446 g/mol. The molecule has 0 aliphatic carbocycles. The van der Waals surface area contributed by atoms with E-state index in [1.165, 1.54) is 17.6 Å². The Labute approximate surface area is 168 Å². The fourth-order valence-corrected chi connectivity index (χ4v) is 3.58. The number of carbonyl (C=O) groups excluding carboxylic acids is 2. The van der Waals surface area contributed by atoms with Gasteiger partial charge in [0.05, 0.1) is 26.2 Å². The second-order valence-corrected chi connectivity index (χ2v) is 8.13. The van der Waals surface area contributed by atoms with Gasteiger partial charge in [0.2, 0.25) is 0 Å². The van der Waals surface area contributed by atoms with Gasteiger partial charge in [-0.15, -0.1) is 11.3 Å². The molecule has 0 bridgehead atoms. The third-order valence-corrected chi connectivity index (χ3v) is 5.41. The minimum absolute atomic E-state index is 0.228. The highest BCUT2D eigenvalue weighted by atomic mass is 79.9. The van der Waals surface area contributed by atoms with Crippen LogP contribution in [0.5, 0.6) is 0 Å². The largest absolute Gasteiger partial charge is 0.469 e. The van der Waals surface area contributed by atoms with Crippen LogP contribution in [0.4, 0.5) is 5.69 Å². The Morgan fingerprint density at radius 2 is 1.81 bits per heavy atom. The molecule has 0 fully saturated rings. The standard InChI is InChI=1S/C19H16BrN3O3S/c1-11(22-23-19(25)16-7-8-17(20)27-16)13-3-5-14(6-4-13)21-18(24)15-9-10-26-12(15)2/h3-10H,1-2H3,(H,21,24)(H,23,25). The van der Waals surface area contributed by atoms with Gasteiger partial charge in [-0.3, -0.25) is 9.59 Å². The van der Waals surface area contributed by atoms with Crippen LogP contribution in [0.15, 0.2) is 62.0 Å². The monoisotopic (exact) mass is 445 g/mol. The van der Waals surface area contributed by atoms with Crippen molar-refractivity contribution in [3.05, 3.63) is 74.3 Å². The number of thiophene rings is 1. The number of nitrogens with zero attached hydrogens (tertiary/aromatic N) is 1. The molecular weight excluding hydrogens is 430 g/mol. The van der Waals surface area contributed by atoms with E-state index in [2.05, 4.69) is 31.8 Å². The highest BCUT2D eigenvalue weighted by molar-refractivity contribution is 9.11. The van der Waals surface area contributed by atoms with Crippen LogP contribution in [-0.4, -0.2) is 17.5 Å². The lowest BCUT2D eigenvalue weighted by atomic mass is 10.1. The summed E-state index contributed by atoms with van der Waals surface area (Å²) in [7, 11) is 0. The summed E-state index contributed by atoms with van der Waals surface area (Å²) in [5.74, 6) is 0.0822. The fraction of sp³-hybridized carbons (Fsp3) is 0.105. The highest BCUT2D eigenvalue weighted by Gasteiger charge is 2.12. The first-order valence-corrected chi connectivity index (χ1v) is 9.61. The summed E-state index contributed by atoms with van der Waals surface area (Å²) >= 11 is 4.66. The van der Waals surface area contributed by atoms with E-state index in [9.17, 15) is 9.59 Å². The van der Waals surface area contributed by atoms with Gasteiger partial charge in [-0.05, 0) is 65.7 Å². The number of rotatable bonds is 5. The van der Waals surface area contributed by atoms with Crippen LogP contribution in [-0.2, 0) is 0 Å². The summed E-state index contributed by atoms with van der Waals surface area (Å²) in [5, 5.41) is 6.95. The topological polar surface area (TPSA) is 83.7 Å². The molecule has 138 valence electrons. The molecule has 1 aromatic carbocycles. The van der Waals surface area contributed by atoms with Gasteiger partial charge in [-0.25, -0.2) is 5.43 Å². The molecule has 2 heterocycles. The third kappa shape index (κ3) is 4.72. The Kier molecular flexibility index (Phi) is 5.88. The van der Waals surface area contributed by atoms with Crippen LogP contribution < -0.4 is 10.7 Å². The van der Waals surface area contributed by atoms with Gasteiger partial charge in [0.1, 0.15) is 5.76 Å². The van der Waals surface area contributed by atoms with E-state index >= 15 is 0 Å². The molecule has 0 radical (unpaired) electrons. The Balaban J connectivity index is 1.63. The van der Waals surface area contributed by atoms with E-state index in [4.69, 9.17) is 4.42 Å². The summed E-state index contributed by atoms with van der Waals surface area (Å²) in [6.07, 6.45) is 1.48. The van der Waals surface area contributed by atoms with E-state index in [0.717, 1.165) is 9.35 Å². The zero-order valence-electron chi connectivity index (χ0n) is 14.6. The lowest BCUT2D eigenvalue weighted by Gasteiger charge is -2.06. The van der Waals surface area contributed by atoms with Crippen molar-refractivity contribution in [2.24, 2.45) is 5.10 Å². The molecule has 3 aromatic rings. The quantitative estimate of drug-likeness (QED) is 0.436. The van der Waals surface area contributed by atoms with Crippen LogP contribution in [0.2, 0.25) is 0 Å². The van der Waals surface area contributed by atoms with E-state index < -0.39 is 0 Å². The van der Waals surface area contributed by atoms with Crippen molar-refractivity contribution in [1.82, 2.24) is 5.43 Å². The molecule has 0 saturated heterocycles. The first-order valence-electron chi connectivity index (χ1n) is 8.00. The molecule has 2 amide bonds. The van der Waals surface area contributed by atoms with Crippen LogP contribution in [0.3, 0.4) is 0 Å². The number of carbonyl (C=O) groups is 2. The lowest BCUT2D eigenvalue weighted by molar-refractivity contribution is 0.0958. The Hall–Kier alpha value is -2.71. The molecule has 2 aromatic heterocycles. The fourth-order valence-electron chi connectivity index (χ4n) is 2.30. The SMILES string of the molecule is CC(=NNC(=O)c1ccc(Br)s1)c1ccc(NC(=O)c2ccoc2C)cc1. The highest BCUT2D eigenvalue weighted by Crippen LogP contribution is 2.21. The summed E-state index contributed by atoms with van der Waals surface area (Å²) in [5.41, 5.74) is 5.19. The van der Waals surface area contributed by atoms with Gasteiger partial charge in [0.25, 0.3) is 11.8 Å². The number of anilines is 1. The van der Waals surface area contributed by atoms with E-state index in [1.54, 1.807) is 38.1 Å². The van der Waals surface area contributed by atoms with Crippen LogP contribution in [0.25, 0.3) is 0 Å². The van der Waals surface area contributed by atoms with Gasteiger partial charge in [-0.1, -0.05) is 12.1 Å². The second kappa shape index (κ2) is 8.32. The molecule has 8 heteroatoms. The summed E-state index contributed by atoms with van der Waals surface area (Å²) in [4.78, 5) is 24.8. The molecule has 0 unspecified atom stereocenters. The molecule has 0 spiro atoms. The minimum Gasteiger partial charge on any atom is -0.469 e. The van der Waals surface area contributed by atoms with Gasteiger partial charge in [-0.2, -0.15) is 5.10 Å². The second-order valence-electron chi connectivity index (χ2n) is 5.66. The molecular formula is C19H16BrN3O3S. The molecule has 2 N–H and O–H groups in total. The number of amides is 2. The molecule has 0 atom stereocenters. The first-order chi connectivity index (χ1) is 12.9. The van der Waals surface area contributed by atoms with Crippen LogP contribution >= 0.6 is 27.3 Å². The Bertz CT molecular complexity index is 1010. The average Bonchev–Trinajstić information content (AvgIpc) is 3.28. The maximum atomic E-state index is 12.2. The number of nitrogens with one attached hydrogen (secondary N) is 2. The number of hydrazone groups is 1. The van der Waals surface area contributed by atoms with Crippen molar-refractivity contribution in [3.63, 3.8) is 0 Å². The van der Waals surface area contributed by atoms with Crippen molar-refractivity contribution in [3.8, 4) is 0 Å². The van der Waals surface area contributed by atoms with Crippen molar-refractivity contribution < 1.29 is 14.0 Å². The summed E-state index contributed by atoms with van der Waals surface area (Å²) in [6, 6.07) is 12.4. The minimum atomic E-state index is -0.260. The molecule has 0 aliphatic heterocycles. The zero-order chi connectivity index (χ0) is 19.4. The van der Waals surface area contributed by atoms with Gasteiger partial charge in [0.15, 0.2) is 0 Å². The molecule has 0 aliphatic rings. The Morgan fingerprint density at radius 3 is 2.41 bits per heavy atom. The van der Waals surface area contributed by atoms with E-state index in [-0.39, 0.29) is 11.8 Å². The number of benzene rings is 1. The lowest BCUT2D eigenvalue weighted by Crippen LogP contribution is -2.18. The number of hydrogen-bond acceptors (Lipinski definition) is 5. The van der Waals surface area contributed by atoms with E-state index in [1.807, 2.05) is 18.2 Å². The smallest absolute Gasteiger partial charge is 0.281 e. The van der Waals surface area contributed by atoms with Gasteiger partial charge in [0, 0.05) is 5.69 Å². The molecule has 6 nitrogen and oxygen atoms in total. The molecule has 3 rings (SSSR count). The Morgan fingerprint density at radius 1 is 1.07 bits per heavy atom. The third-order valence-electron chi connectivity index (χ3n) is 3.79. The summed E-state index contributed by atoms with van der Waals surface area (Å²) in [6.45, 7) is 3.54. The van der Waals surface area contributed by atoms with Crippen molar-refractivity contribution >= 4 is 50.5 Å². The predicted molar refractivity (Wildman–Crippen MR) is 110 cm³/mol. The maximum Gasteiger partial charge on any atom is 0.281 e. The van der Waals surface area contributed by atoms with Gasteiger partial charge < -0.3 is 9.73 Å². The van der Waals surface area contributed by atoms with Crippen LogP contribution in [0.1, 0.15) is 38.3 Å². The number of hydrogen-bond donors (Lipinski definition) is 2. The number of aryl methyl sites for hydroxylation is 1. The normalized spacial score (nSPS) is 11.3. The number of furan rings is 1. The number of halogens is 1. The van der Waals surface area contributed by atoms with Crippen molar-refractivity contribution in [2.45, 2.75) is 13.8 Å².